The summed E-state index contributed by atoms with van der Waals surface area (Å²) < 4.78 is 10.6. The Bertz CT molecular complexity index is 535. The molecule has 6 heteroatoms. The first-order valence-electron chi connectivity index (χ1n) is 6.72. The van der Waals surface area contributed by atoms with Crippen LogP contribution in [-0.4, -0.2) is 55.7 Å². The molecule has 1 saturated heterocycles. The third-order valence-corrected chi connectivity index (χ3v) is 3.96. The van der Waals surface area contributed by atoms with Crippen LogP contribution >= 0.6 is 11.6 Å². The van der Waals surface area contributed by atoms with E-state index in [1.807, 2.05) is 4.90 Å². The zero-order valence-electron chi connectivity index (χ0n) is 11.4. The van der Waals surface area contributed by atoms with Gasteiger partial charge in [0.05, 0.1) is 5.02 Å². The molecule has 0 aliphatic carbocycles. The molecule has 20 heavy (non-hydrogen) atoms. The van der Waals surface area contributed by atoms with E-state index < -0.39 is 0 Å². The van der Waals surface area contributed by atoms with Gasteiger partial charge in [-0.1, -0.05) is 11.6 Å². The van der Waals surface area contributed by atoms with Crippen LogP contribution in [0.2, 0.25) is 5.02 Å². The lowest BCUT2D eigenvalue weighted by Crippen LogP contribution is -2.34. The van der Waals surface area contributed by atoms with Gasteiger partial charge in [0.15, 0.2) is 11.5 Å². The summed E-state index contributed by atoms with van der Waals surface area (Å²) in [5.41, 5.74) is 0.559. The van der Waals surface area contributed by atoms with Crippen LogP contribution in [-0.2, 0) is 0 Å². The van der Waals surface area contributed by atoms with Crippen molar-refractivity contribution < 1.29 is 14.3 Å². The molecule has 1 fully saturated rings. The molecule has 0 saturated carbocycles. The maximum absolute atomic E-state index is 12.6. The van der Waals surface area contributed by atoms with Gasteiger partial charge in [-0.2, -0.15) is 0 Å². The second-order valence-corrected chi connectivity index (χ2v) is 5.55. The summed E-state index contributed by atoms with van der Waals surface area (Å²) in [5.74, 6) is 1.08. The first-order chi connectivity index (χ1) is 9.65. The van der Waals surface area contributed by atoms with Gasteiger partial charge in [0, 0.05) is 25.2 Å². The molecule has 5 nitrogen and oxygen atoms in total. The van der Waals surface area contributed by atoms with Gasteiger partial charge < -0.3 is 19.3 Å². The fourth-order valence-corrected chi connectivity index (χ4v) is 2.79. The highest BCUT2D eigenvalue weighted by atomic mass is 35.5. The van der Waals surface area contributed by atoms with E-state index in [4.69, 9.17) is 21.1 Å². The molecule has 1 aromatic rings. The van der Waals surface area contributed by atoms with E-state index in [0.717, 1.165) is 32.6 Å². The van der Waals surface area contributed by atoms with Crippen LogP contribution in [0.4, 0.5) is 0 Å². The lowest BCUT2D eigenvalue weighted by Gasteiger charge is -2.20. The number of ether oxygens (including phenoxy) is 2. The number of fused-ring (bicyclic) bond motifs is 1. The van der Waals surface area contributed by atoms with Crippen LogP contribution in [0, 0.1) is 0 Å². The summed E-state index contributed by atoms with van der Waals surface area (Å²) in [5, 5.41) is 0.426. The molecule has 2 aliphatic heterocycles. The van der Waals surface area contributed by atoms with E-state index in [1.165, 1.54) is 0 Å². The molecule has 2 aliphatic rings. The minimum atomic E-state index is 0.000463. The zero-order valence-corrected chi connectivity index (χ0v) is 12.2. The maximum atomic E-state index is 12.6. The molecule has 0 aromatic heterocycles. The highest BCUT2D eigenvalue weighted by Crippen LogP contribution is 2.40. The smallest absolute Gasteiger partial charge is 0.254 e. The molecule has 2 heterocycles. The SMILES string of the molecule is CN1CCCN(C(=O)c2cc(Cl)c3c(c2)OCO3)CC1. The van der Waals surface area contributed by atoms with E-state index in [2.05, 4.69) is 11.9 Å². The highest BCUT2D eigenvalue weighted by molar-refractivity contribution is 6.32. The Kier molecular flexibility index (Phi) is 3.72. The van der Waals surface area contributed by atoms with Gasteiger partial charge in [0.2, 0.25) is 6.79 Å². The average Bonchev–Trinajstić information content (AvgIpc) is 2.80. The van der Waals surface area contributed by atoms with E-state index in [-0.39, 0.29) is 12.7 Å². The predicted molar refractivity (Wildman–Crippen MR) is 75.6 cm³/mol. The van der Waals surface area contributed by atoms with Gasteiger partial charge >= 0.3 is 0 Å². The second kappa shape index (κ2) is 5.50. The van der Waals surface area contributed by atoms with Gasteiger partial charge in [-0.25, -0.2) is 0 Å². The van der Waals surface area contributed by atoms with E-state index >= 15 is 0 Å². The third kappa shape index (κ3) is 2.55. The zero-order chi connectivity index (χ0) is 14.1. The number of rotatable bonds is 1. The monoisotopic (exact) mass is 296 g/mol. The molecule has 0 spiro atoms. The lowest BCUT2D eigenvalue weighted by molar-refractivity contribution is 0.0762. The molecule has 1 aromatic carbocycles. The van der Waals surface area contributed by atoms with Crippen LogP contribution in [0.5, 0.6) is 11.5 Å². The Morgan fingerprint density at radius 3 is 2.90 bits per heavy atom. The Morgan fingerprint density at radius 2 is 2.05 bits per heavy atom. The minimum Gasteiger partial charge on any atom is -0.454 e. The Balaban J connectivity index is 1.82. The summed E-state index contributed by atoms with van der Waals surface area (Å²) in [4.78, 5) is 16.7. The number of hydrogen-bond acceptors (Lipinski definition) is 4. The Labute approximate surface area is 123 Å². The summed E-state index contributed by atoms with van der Waals surface area (Å²) >= 11 is 6.13. The van der Waals surface area contributed by atoms with Crippen LogP contribution in [0.1, 0.15) is 16.8 Å². The molecule has 0 radical (unpaired) electrons. The van der Waals surface area contributed by atoms with Crippen molar-refractivity contribution in [3.63, 3.8) is 0 Å². The summed E-state index contributed by atoms with van der Waals surface area (Å²) in [6.07, 6.45) is 0.987. The van der Waals surface area contributed by atoms with Crippen LogP contribution < -0.4 is 9.47 Å². The number of carbonyl (C=O) groups excluding carboxylic acids is 1. The van der Waals surface area contributed by atoms with Crippen molar-refractivity contribution in [3.8, 4) is 11.5 Å². The molecule has 0 bridgehead atoms. The summed E-state index contributed by atoms with van der Waals surface area (Å²) in [7, 11) is 2.07. The first kappa shape index (κ1) is 13.5. The van der Waals surface area contributed by atoms with Crippen LogP contribution in [0.15, 0.2) is 12.1 Å². The quantitative estimate of drug-likeness (QED) is 0.793. The Morgan fingerprint density at radius 1 is 1.20 bits per heavy atom. The number of nitrogens with zero attached hydrogens (tertiary/aromatic N) is 2. The highest BCUT2D eigenvalue weighted by Gasteiger charge is 2.24. The number of likely N-dealkylation sites (N-methyl/N-ethyl adjacent to an activating group) is 1. The largest absolute Gasteiger partial charge is 0.454 e. The lowest BCUT2D eigenvalue weighted by atomic mass is 10.1. The van der Waals surface area contributed by atoms with Crippen LogP contribution in [0.3, 0.4) is 0 Å². The predicted octanol–water partition coefficient (Wildman–Crippen LogP) is 1.85. The van der Waals surface area contributed by atoms with E-state index in [1.54, 1.807) is 12.1 Å². The van der Waals surface area contributed by atoms with Gasteiger partial charge in [0.25, 0.3) is 5.91 Å². The third-order valence-electron chi connectivity index (χ3n) is 3.68. The minimum absolute atomic E-state index is 0.000463. The number of benzene rings is 1. The van der Waals surface area contributed by atoms with Crippen molar-refractivity contribution in [1.29, 1.82) is 0 Å². The van der Waals surface area contributed by atoms with Crippen molar-refractivity contribution in [3.05, 3.63) is 22.7 Å². The van der Waals surface area contributed by atoms with Crippen molar-refractivity contribution in [2.45, 2.75) is 6.42 Å². The summed E-state index contributed by atoms with van der Waals surface area (Å²) in [6, 6.07) is 3.37. The van der Waals surface area contributed by atoms with Gasteiger partial charge in [0.1, 0.15) is 0 Å². The molecule has 1 amide bonds. The van der Waals surface area contributed by atoms with Gasteiger partial charge in [-0.15, -0.1) is 0 Å². The van der Waals surface area contributed by atoms with Crippen LogP contribution in [0.25, 0.3) is 0 Å². The number of hydrogen-bond donors (Lipinski definition) is 0. The second-order valence-electron chi connectivity index (χ2n) is 5.14. The average molecular weight is 297 g/mol. The molecule has 108 valence electrons. The van der Waals surface area contributed by atoms with Crippen molar-refractivity contribution >= 4 is 17.5 Å². The summed E-state index contributed by atoms with van der Waals surface area (Å²) in [6.45, 7) is 3.58. The topological polar surface area (TPSA) is 42.0 Å². The molecule has 3 rings (SSSR count). The molecule has 0 atom stereocenters. The van der Waals surface area contributed by atoms with Crippen molar-refractivity contribution in [2.75, 3.05) is 40.0 Å². The number of amides is 1. The molecule has 0 N–H and O–H groups in total. The van der Waals surface area contributed by atoms with Gasteiger partial charge in [-0.3, -0.25) is 4.79 Å². The van der Waals surface area contributed by atoms with Crippen molar-refractivity contribution in [2.24, 2.45) is 0 Å². The van der Waals surface area contributed by atoms with Crippen molar-refractivity contribution in [1.82, 2.24) is 9.80 Å². The normalized spacial score (nSPS) is 19.0. The van der Waals surface area contributed by atoms with E-state index in [0.29, 0.717) is 22.1 Å². The molecular formula is C14H17ClN2O3. The maximum Gasteiger partial charge on any atom is 0.254 e. The Hall–Kier alpha value is -1.46. The fourth-order valence-electron chi connectivity index (χ4n) is 2.52. The number of halogens is 1. The standard InChI is InChI=1S/C14H17ClN2O3/c1-16-3-2-4-17(6-5-16)14(18)10-7-11(15)13-12(8-10)19-9-20-13/h7-8H,2-6,9H2,1H3. The van der Waals surface area contributed by atoms with Gasteiger partial charge in [-0.05, 0) is 32.1 Å². The molecule has 0 unspecified atom stereocenters. The fraction of sp³-hybridized carbons (Fsp3) is 0.500. The first-order valence-corrected chi connectivity index (χ1v) is 7.10. The van der Waals surface area contributed by atoms with E-state index in [9.17, 15) is 4.79 Å². The molecular weight excluding hydrogens is 280 g/mol. The number of carbonyl (C=O) groups is 1.